The molecular formula is C5H6Br2O3. The number of rotatable bonds is 4. The minimum atomic E-state index is -0.976. The highest BCUT2D eigenvalue weighted by Gasteiger charge is 2.16. The average molecular weight is 276 g/mol. The van der Waals surface area contributed by atoms with Gasteiger partial charge in [0.1, 0.15) is 0 Å². The minimum Gasteiger partial charge on any atom is -0.481 e. The lowest BCUT2D eigenvalue weighted by Crippen LogP contribution is -2.18. The maximum absolute atomic E-state index is 10.7. The number of alkyl halides is 2. The van der Waals surface area contributed by atoms with E-state index in [4.69, 9.17) is 5.11 Å². The van der Waals surface area contributed by atoms with E-state index in [0.29, 0.717) is 0 Å². The molecule has 0 heterocycles. The molecule has 3 nitrogen and oxygen atoms in total. The maximum atomic E-state index is 10.7. The first-order chi connectivity index (χ1) is 4.57. The predicted molar refractivity (Wildman–Crippen MR) is 43.8 cm³/mol. The van der Waals surface area contributed by atoms with E-state index in [0.717, 1.165) is 0 Å². The summed E-state index contributed by atoms with van der Waals surface area (Å²) in [5.41, 5.74) is 0. The molecule has 0 saturated heterocycles. The van der Waals surface area contributed by atoms with Gasteiger partial charge in [-0.05, 0) is 0 Å². The molecule has 1 atom stereocenters. The lowest BCUT2D eigenvalue weighted by molar-refractivity contribution is -0.138. The number of aliphatic carboxylic acids is 1. The summed E-state index contributed by atoms with van der Waals surface area (Å²) in [6.07, 6.45) is -0.162. The molecule has 1 N–H and O–H groups in total. The summed E-state index contributed by atoms with van der Waals surface area (Å²) in [5.74, 6) is -1.13. The Morgan fingerprint density at radius 1 is 1.70 bits per heavy atom. The smallest absolute Gasteiger partial charge is 0.304 e. The molecule has 0 aliphatic rings. The van der Waals surface area contributed by atoms with Gasteiger partial charge in [0.2, 0.25) is 0 Å². The van der Waals surface area contributed by atoms with Crippen molar-refractivity contribution < 1.29 is 14.7 Å². The third kappa shape index (κ3) is 4.00. The van der Waals surface area contributed by atoms with Crippen molar-refractivity contribution in [3.63, 3.8) is 0 Å². The van der Waals surface area contributed by atoms with Crippen molar-refractivity contribution in [1.29, 1.82) is 0 Å². The number of carboxylic acid groups (broad SMARTS) is 1. The Kier molecular flexibility index (Phi) is 4.89. The molecule has 58 valence electrons. The van der Waals surface area contributed by atoms with Gasteiger partial charge in [0.15, 0.2) is 5.78 Å². The van der Waals surface area contributed by atoms with Crippen LogP contribution in [0.3, 0.4) is 0 Å². The van der Waals surface area contributed by atoms with Gasteiger partial charge < -0.3 is 5.11 Å². The Labute approximate surface area is 75.1 Å². The third-order valence-electron chi connectivity index (χ3n) is 0.835. The molecule has 0 aliphatic carbocycles. The van der Waals surface area contributed by atoms with E-state index in [1.807, 2.05) is 0 Å². The molecule has 10 heavy (non-hydrogen) atoms. The minimum absolute atomic E-state index is 0.151. The molecule has 0 spiro atoms. The van der Waals surface area contributed by atoms with Gasteiger partial charge in [0, 0.05) is 0 Å². The first-order valence-electron chi connectivity index (χ1n) is 2.52. The second-order valence-corrected chi connectivity index (χ2v) is 3.33. The Balaban J connectivity index is 3.72. The fourth-order valence-electron chi connectivity index (χ4n) is 0.351. The highest BCUT2D eigenvalue weighted by molar-refractivity contribution is 9.10. The predicted octanol–water partition coefficient (Wildman–Crippen LogP) is 1.19. The monoisotopic (exact) mass is 274 g/mol. The fraction of sp³-hybridized carbons (Fsp3) is 0.600. The third-order valence-corrected chi connectivity index (χ3v) is 2.22. The molecular weight excluding hydrogens is 270 g/mol. The fourth-order valence-corrected chi connectivity index (χ4v) is 1.61. The van der Waals surface area contributed by atoms with E-state index < -0.39 is 10.8 Å². The number of carboxylic acids is 1. The number of hydrogen-bond donors (Lipinski definition) is 1. The van der Waals surface area contributed by atoms with E-state index in [9.17, 15) is 9.59 Å². The van der Waals surface area contributed by atoms with Crippen LogP contribution in [0.2, 0.25) is 0 Å². The van der Waals surface area contributed by atoms with Crippen LogP contribution in [0.25, 0.3) is 0 Å². The van der Waals surface area contributed by atoms with Gasteiger partial charge in [-0.1, -0.05) is 31.9 Å². The second kappa shape index (κ2) is 4.85. The molecule has 0 aromatic rings. The summed E-state index contributed by atoms with van der Waals surface area (Å²) in [4.78, 5) is 20.2. The lowest BCUT2D eigenvalue weighted by Gasteiger charge is -2.00. The van der Waals surface area contributed by atoms with Crippen LogP contribution in [0.5, 0.6) is 0 Å². The molecule has 0 bridgehead atoms. The van der Waals surface area contributed by atoms with E-state index in [-0.39, 0.29) is 17.5 Å². The summed E-state index contributed by atoms with van der Waals surface area (Å²) < 4.78 is 0. The molecule has 1 unspecified atom stereocenters. The van der Waals surface area contributed by atoms with E-state index in [1.165, 1.54) is 0 Å². The number of Topliss-reactive ketones (excluding diaryl/α,β-unsaturated/α-hetero) is 1. The van der Waals surface area contributed by atoms with Crippen molar-refractivity contribution in [1.82, 2.24) is 0 Å². The van der Waals surface area contributed by atoms with Crippen molar-refractivity contribution in [2.75, 3.05) is 5.33 Å². The van der Waals surface area contributed by atoms with Crippen LogP contribution in [-0.2, 0) is 9.59 Å². The van der Waals surface area contributed by atoms with Gasteiger partial charge >= 0.3 is 5.97 Å². The van der Waals surface area contributed by atoms with Gasteiger partial charge in [0.25, 0.3) is 0 Å². The van der Waals surface area contributed by atoms with Crippen LogP contribution < -0.4 is 0 Å². The second-order valence-electron chi connectivity index (χ2n) is 1.67. The molecule has 0 fully saturated rings. The van der Waals surface area contributed by atoms with Gasteiger partial charge in [0.05, 0.1) is 16.6 Å². The zero-order valence-electron chi connectivity index (χ0n) is 5.01. The van der Waals surface area contributed by atoms with Crippen molar-refractivity contribution in [2.24, 2.45) is 0 Å². The number of halogens is 2. The molecule has 5 heteroatoms. The van der Waals surface area contributed by atoms with E-state index >= 15 is 0 Å². The van der Waals surface area contributed by atoms with E-state index in [1.54, 1.807) is 0 Å². The zero-order chi connectivity index (χ0) is 8.15. The summed E-state index contributed by atoms with van der Waals surface area (Å²) in [7, 11) is 0. The van der Waals surface area contributed by atoms with Crippen molar-refractivity contribution in [2.45, 2.75) is 11.2 Å². The Morgan fingerprint density at radius 2 is 2.20 bits per heavy atom. The summed E-state index contributed by atoms with van der Waals surface area (Å²) in [6, 6.07) is 0. The van der Waals surface area contributed by atoms with Crippen molar-refractivity contribution in [3.8, 4) is 0 Å². The van der Waals surface area contributed by atoms with Gasteiger partial charge in [-0.25, -0.2) is 0 Å². The summed E-state index contributed by atoms with van der Waals surface area (Å²) in [5, 5.41) is 8.42. The normalized spacial score (nSPS) is 12.6. The standard InChI is InChI=1S/C5H6Br2O3/c6-2-4(8)3(7)1-5(9)10/h3H,1-2H2,(H,9,10)/i5+2. The van der Waals surface area contributed by atoms with Crippen LogP contribution >= 0.6 is 31.9 Å². The summed E-state index contributed by atoms with van der Waals surface area (Å²) >= 11 is 5.88. The molecule has 0 aromatic heterocycles. The SMILES string of the molecule is O=C(CBr)C(Br)C[14C](=O)O. The van der Waals surface area contributed by atoms with Crippen LogP contribution in [0.4, 0.5) is 0 Å². The molecule has 0 aliphatic heterocycles. The zero-order valence-corrected chi connectivity index (χ0v) is 8.18. The first kappa shape index (κ1) is 10.1. The van der Waals surface area contributed by atoms with Gasteiger partial charge in [-0.3, -0.25) is 9.59 Å². The topological polar surface area (TPSA) is 54.4 Å². The van der Waals surface area contributed by atoms with Crippen LogP contribution in [0.1, 0.15) is 6.42 Å². The highest BCUT2D eigenvalue weighted by Crippen LogP contribution is 2.07. The van der Waals surface area contributed by atoms with Gasteiger partial charge in [-0.15, -0.1) is 0 Å². The molecule has 0 saturated carbocycles. The summed E-state index contributed by atoms with van der Waals surface area (Å²) in [6.45, 7) is 0. The number of carbonyl (C=O) groups excluding carboxylic acids is 1. The molecule has 0 rings (SSSR count). The van der Waals surface area contributed by atoms with Crippen LogP contribution in [0, 0.1) is 0 Å². The number of hydrogen-bond acceptors (Lipinski definition) is 2. The maximum Gasteiger partial charge on any atom is 0.304 e. The Hall–Kier alpha value is 0.1000. The Morgan fingerprint density at radius 3 is 2.50 bits per heavy atom. The first-order valence-corrected chi connectivity index (χ1v) is 4.56. The highest BCUT2D eigenvalue weighted by atomic mass is 79.9. The Bertz CT molecular complexity index is 146. The number of ketones is 1. The van der Waals surface area contributed by atoms with E-state index in [2.05, 4.69) is 31.9 Å². The van der Waals surface area contributed by atoms with Crippen molar-refractivity contribution in [3.05, 3.63) is 0 Å². The van der Waals surface area contributed by atoms with Gasteiger partial charge in [-0.2, -0.15) is 0 Å². The molecule has 0 amide bonds. The molecule has 0 aromatic carbocycles. The largest absolute Gasteiger partial charge is 0.481 e. The average Bonchev–Trinajstić information content (AvgIpc) is 1.85. The van der Waals surface area contributed by atoms with Crippen molar-refractivity contribution >= 4 is 43.6 Å². The van der Waals surface area contributed by atoms with Crippen LogP contribution in [0.15, 0.2) is 0 Å². The number of carbonyl (C=O) groups is 2. The quantitative estimate of drug-likeness (QED) is 0.784. The molecule has 0 radical (unpaired) electrons. The van der Waals surface area contributed by atoms with Crippen LogP contribution in [-0.4, -0.2) is 27.0 Å². The lowest BCUT2D eigenvalue weighted by atomic mass is 10.3.